The van der Waals surface area contributed by atoms with Gasteiger partial charge in [-0.25, -0.2) is 4.39 Å². The lowest BCUT2D eigenvalue weighted by atomic mass is 10.0. The molecule has 2 aromatic carbocycles. The molecular weight excluding hydrogens is 403 g/mol. The predicted molar refractivity (Wildman–Crippen MR) is 119 cm³/mol. The average molecular weight is 427 g/mol. The maximum absolute atomic E-state index is 13.7. The number of amides is 1. The van der Waals surface area contributed by atoms with E-state index in [9.17, 15) is 9.18 Å². The smallest absolute Gasteiger partial charge is 0.241 e. The molecule has 1 fully saturated rings. The Labute approximate surface area is 180 Å². The molecule has 0 saturated carbocycles. The van der Waals surface area contributed by atoms with Gasteiger partial charge in [-0.3, -0.25) is 14.7 Å². The number of anilines is 2. The fraction of sp³-hybridized carbons (Fsp3) is 0.304. The van der Waals surface area contributed by atoms with E-state index in [1.54, 1.807) is 36.5 Å². The highest BCUT2D eigenvalue weighted by Crippen LogP contribution is 2.25. The van der Waals surface area contributed by atoms with E-state index in [0.717, 1.165) is 48.2 Å². The van der Waals surface area contributed by atoms with Gasteiger partial charge < -0.3 is 10.6 Å². The summed E-state index contributed by atoms with van der Waals surface area (Å²) in [7, 11) is 0. The van der Waals surface area contributed by atoms with Crippen LogP contribution in [0.4, 0.5) is 15.8 Å². The third-order valence-electron chi connectivity index (χ3n) is 5.63. The number of aromatic nitrogens is 1. The molecule has 1 unspecified atom stereocenters. The number of pyridine rings is 1. The van der Waals surface area contributed by atoms with Crippen molar-refractivity contribution in [3.63, 3.8) is 0 Å². The van der Waals surface area contributed by atoms with Gasteiger partial charge in [-0.05, 0) is 68.3 Å². The highest BCUT2D eigenvalue weighted by molar-refractivity contribution is 6.30. The first-order valence-corrected chi connectivity index (χ1v) is 10.5. The Morgan fingerprint density at radius 2 is 1.90 bits per heavy atom. The number of fused-ring (bicyclic) bond motifs is 1. The monoisotopic (exact) mass is 426 g/mol. The average Bonchev–Trinajstić information content (AvgIpc) is 2.76. The normalized spacial score (nSPS) is 16.4. The van der Waals surface area contributed by atoms with E-state index < -0.39 is 0 Å². The molecule has 2 heterocycles. The van der Waals surface area contributed by atoms with Crippen LogP contribution in [0.25, 0.3) is 10.9 Å². The number of nitrogens with one attached hydrogen (secondary N) is 2. The number of hydrogen-bond donors (Lipinski definition) is 2. The molecule has 1 saturated heterocycles. The molecule has 5 nitrogen and oxygen atoms in total. The lowest BCUT2D eigenvalue weighted by Gasteiger charge is -2.36. The van der Waals surface area contributed by atoms with Crippen LogP contribution < -0.4 is 10.6 Å². The van der Waals surface area contributed by atoms with Crippen LogP contribution in [0.15, 0.2) is 54.7 Å². The van der Waals surface area contributed by atoms with Gasteiger partial charge in [0.2, 0.25) is 5.91 Å². The maximum atomic E-state index is 13.7. The maximum Gasteiger partial charge on any atom is 0.241 e. The van der Waals surface area contributed by atoms with Crippen LogP contribution in [0.3, 0.4) is 0 Å². The molecule has 2 N–H and O–H groups in total. The number of piperidine rings is 1. The van der Waals surface area contributed by atoms with Gasteiger partial charge in [0, 0.05) is 47.1 Å². The zero-order valence-corrected chi connectivity index (χ0v) is 17.5. The second kappa shape index (κ2) is 8.98. The summed E-state index contributed by atoms with van der Waals surface area (Å²) in [6, 6.07) is 13.7. The molecule has 3 aromatic rings. The summed E-state index contributed by atoms with van der Waals surface area (Å²) in [5.41, 5.74) is 2.41. The van der Waals surface area contributed by atoms with Crippen LogP contribution in [-0.2, 0) is 4.79 Å². The number of hydrogen-bond acceptors (Lipinski definition) is 4. The van der Waals surface area contributed by atoms with E-state index in [1.165, 1.54) is 12.1 Å². The van der Waals surface area contributed by atoms with Crippen LogP contribution >= 0.6 is 11.6 Å². The molecule has 1 amide bonds. The summed E-state index contributed by atoms with van der Waals surface area (Å²) in [6.07, 6.45) is 3.54. The summed E-state index contributed by atoms with van der Waals surface area (Å²) in [6.45, 7) is 3.55. The summed E-state index contributed by atoms with van der Waals surface area (Å²) in [5.74, 6) is -0.298. The molecule has 1 atom stereocenters. The number of halogens is 2. The van der Waals surface area contributed by atoms with Crippen LogP contribution in [0.2, 0.25) is 5.02 Å². The van der Waals surface area contributed by atoms with Gasteiger partial charge in [0.25, 0.3) is 0 Å². The van der Waals surface area contributed by atoms with Gasteiger partial charge in [0.1, 0.15) is 5.82 Å². The van der Waals surface area contributed by atoms with Crippen LogP contribution in [0, 0.1) is 5.82 Å². The Bertz CT molecular complexity index is 1040. The van der Waals surface area contributed by atoms with Crippen molar-refractivity contribution in [3.8, 4) is 0 Å². The number of likely N-dealkylation sites (tertiary alicyclic amines) is 1. The van der Waals surface area contributed by atoms with Gasteiger partial charge in [0.05, 0.1) is 11.6 Å². The number of carbonyl (C=O) groups is 1. The van der Waals surface area contributed by atoms with E-state index in [4.69, 9.17) is 11.6 Å². The lowest BCUT2D eigenvalue weighted by molar-refractivity contribution is -0.121. The highest BCUT2D eigenvalue weighted by atomic mass is 35.5. The Hall–Kier alpha value is -2.70. The van der Waals surface area contributed by atoms with E-state index >= 15 is 0 Å². The standard InChI is InChI=1S/C23H24ClFN4O/c1-15(23(30)28-18-5-2-16(24)3-6-18)29-12-9-19(10-13-29)27-22-8-11-26-21-7-4-17(25)14-20(21)22/h2-8,11,14-15,19H,9-10,12-13H2,1H3,(H,26,27)(H,28,30). The van der Waals surface area contributed by atoms with Gasteiger partial charge >= 0.3 is 0 Å². The highest BCUT2D eigenvalue weighted by Gasteiger charge is 2.27. The van der Waals surface area contributed by atoms with Gasteiger partial charge in [-0.15, -0.1) is 0 Å². The Balaban J connectivity index is 1.34. The van der Waals surface area contributed by atoms with Crippen molar-refractivity contribution in [3.05, 3.63) is 65.6 Å². The van der Waals surface area contributed by atoms with E-state index in [1.807, 2.05) is 13.0 Å². The fourth-order valence-electron chi connectivity index (χ4n) is 3.84. The third kappa shape index (κ3) is 4.71. The molecule has 4 rings (SSSR count). The van der Waals surface area contributed by atoms with Crippen molar-refractivity contribution in [2.75, 3.05) is 23.7 Å². The minimum Gasteiger partial charge on any atom is -0.382 e. The molecule has 0 radical (unpaired) electrons. The summed E-state index contributed by atoms with van der Waals surface area (Å²) < 4.78 is 13.7. The molecule has 30 heavy (non-hydrogen) atoms. The van der Waals surface area contributed by atoms with Crippen molar-refractivity contribution in [1.29, 1.82) is 0 Å². The summed E-state index contributed by atoms with van der Waals surface area (Å²) in [5, 5.41) is 7.91. The molecule has 1 aromatic heterocycles. The Morgan fingerprint density at radius 1 is 1.17 bits per heavy atom. The molecular formula is C23H24ClFN4O. The van der Waals surface area contributed by atoms with E-state index in [0.29, 0.717) is 5.02 Å². The lowest BCUT2D eigenvalue weighted by Crippen LogP contribution is -2.48. The van der Waals surface area contributed by atoms with Crippen molar-refractivity contribution >= 4 is 39.8 Å². The first kappa shape index (κ1) is 20.6. The number of nitrogens with zero attached hydrogens (tertiary/aromatic N) is 2. The number of benzene rings is 2. The van der Waals surface area contributed by atoms with Crippen LogP contribution in [-0.4, -0.2) is 41.0 Å². The molecule has 7 heteroatoms. The number of carbonyl (C=O) groups excluding carboxylic acids is 1. The van der Waals surface area contributed by atoms with Crippen molar-refractivity contribution in [2.24, 2.45) is 0 Å². The second-order valence-corrected chi connectivity index (χ2v) is 8.08. The topological polar surface area (TPSA) is 57.3 Å². The predicted octanol–water partition coefficient (Wildman–Crippen LogP) is 4.93. The van der Waals surface area contributed by atoms with Crippen LogP contribution in [0.1, 0.15) is 19.8 Å². The Morgan fingerprint density at radius 3 is 2.63 bits per heavy atom. The minimum absolute atomic E-state index is 0.0284. The third-order valence-corrected chi connectivity index (χ3v) is 5.88. The summed E-state index contributed by atoms with van der Waals surface area (Å²) >= 11 is 5.90. The zero-order chi connectivity index (χ0) is 21.1. The summed E-state index contributed by atoms with van der Waals surface area (Å²) in [4.78, 5) is 19.1. The van der Waals surface area contributed by atoms with Gasteiger partial charge in [0.15, 0.2) is 0 Å². The van der Waals surface area contributed by atoms with E-state index in [2.05, 4.69) is 20.5 Å². The number of rotatable bonds is 5. The van der Waals surface area contributed by atoms with Crippen molar-refractivity contribution in [1.82, 2.24) is 9.88 Å². The fourth-order valence-corrected chi connectivity index (χ4v) is 3.97. The molecule has 1 aliphatic rings. The second-order valence-electron chi connectivity index (χ2n) is 7.65. The molecule has 156 valence electrons. The minimum atomic E-state index is -0.270. The molecule has 1 aliphatic heterocycles. The van der Waals surface area contributed by atoms with Crippen molar-refractivity contribution < 1.29 is 9.18 Å². The van der Waals surface area contributed by atoms with Gasteiger partial charge in [-0.2, -0.15) is 0 Å². The van der Waals surface area contributed by atoms with Gasteiger partial charge in [-0.1, -0.05) is 11.6 Å². The molecule has 0 aliphatic carbocycles. The first-order chi connectivity index (χ1) is 14.5. The molecule has 0 bridgehead atoms. The molecule has 0 spiro atoms. The van der Waals surface area contributed by atoms with Crippen LogP contribution in [0.5, 0.6) is 0 Å². The first-order valence-electron chi connectivity index (χ1n) is 10.1. The van der Waals surface area contributed by atoms with E-state index in [-0.39, 0.29) is 23.8 Å². The van der Waals surface area contributed by atoms with Crippen molar-refractivity contribution in [2.45, 2.75) is 31.8 Å². The quantitative estimate of drug-likeness (QED) is 0.607. The zero-order valence-electron chi connectivity index (χ0n) is 16.7. The SMILES string of the molecule is CC(C(=O)Nc1ccc(Cl)cc1)N1CCC(Nc2ccnc3ccc(F)cc23)CC1. The Kier molecular flexibility index (Phi) is 6.16. The largest absolute Gasteiger partial charge is 0.382 e.